The van der Waals surface area contributed by atoms with Gasteiger partial charge in [-0.25, -0.2) is 4.57 Å². The minimum Gasteiger partial charge on any atom is -0.463 e. The van der Waals surface area contributed by atoms with Gasteiger partial charge in [-0.1, -0.05) is 96.1 Å². The number of carbonyl (C=O) groups is 2. The zero-order valence-corrected chi connectivity index (χ0v) is 25.5. The molecular weight excluding hydrogens is 521 g/mol. The van der Waals surface area contributed by atoms with Crippen molar-refractivity contribution in [2.24, 2.45) is 0 Å². The third-order valence-corrected chi connectivity index (χ3v) is 7.24. The molecule has 2 unspecified atom stereocenters. The van der Waals surface area contributed by atoms with Crippen LogP contribution in [0.25, 0.3) is 0 Å². The van der Waals surface area contributed by atoms with Gasteiger partial charge in [-0.05, 0) is 32.1 Å². The van der Waals surface area contributed by atoms with Gasteiger partial charge in [0.05, 0.1) is 13.2 Å². The fourth-order valence-electron chi connectivity index (χ4n) is 3.98. The Kier molecular flexibility index (Phi) is 26.1. The molecule has 2 atom stereocenters. The van der Waals surface area contributed by atoms with Crippen molar-refractivity contribution in [1.29, 1.82) is 0 Å². The third-order valence-electron chi connectivity index (χ3n) is 6.25. The van der Waals surface area contributed by atoms with E-state index >= 15 is 0 Å². The molecule has 0 bridgehead atoms. The number of nitrogens with one attached hydrogen (secondary N) is 1. The Balaban J connectivity index is 3.45. The van der Waals surface area contributed by atoms with Crippen LogP contribution in [0, 0.1) is 0 Å². The molecule has 0 aromatic carbocycles. The number of unbranched alkanes of at least 4 members (excludes halogenated alkanes) is 15. The highest BCUT2D eigenvalue weighted by Gasteiger charge is 2.23. The van der Waals surface area contributed by atoms with Crippen molar-refractivity contribution >= 4 is 19.7 Å². The molecule has 0 aromatic heterocycles. The standard InChI is InChI=1S/C29H56NO8P/c1-3-4-5-6-7-8-9-10-11-12-13-14-15-16-17-18-19-20-21-22-29(33)30-23-24-37-39(34,35)38-26-28(32)25-36-27(2)31/h10-11,28,32H,3-9,12-26H2,1-2H3,(H,30,33)(H,34,35)/b11-10+. The van der Waals surface area contributed by atoms with Gasteiger partial charge in [0, 0.05) is 19.9 Å². The van der Waals surface area contributed by atoms with Gasteiger partial charge in [-0.3, -0.25) is 18.6 Å². The maximum absolute atomic E-state index is 11.9. The lowest BCUT2D eigenvalue weighted by Crippen LogP contribution is -2.27. The zero-order valence-electron chi connectivity index (χ0n) is 24.6. The lowest BCUT2D eigenvalue weighted by atomic mass is 10.1. The molecule has 3 N–H and O–H groups in total. The van der Waals surface area contributed by atoms with Crippen LogP contribution in [0.15, 0.2) is 12.2 Å². The largest absolute Gasteiger partial charge is 0.472 e. The number of aliphatic hydroxyl groups is 1. The van der Waals surface area contributed by atoms with Gasteiger partial charge in [0.2, 0.25) is 5.91 Å². The molecule has 0 rings (SSSR count). The fourth-order valence-corrected chi connectivity index (χ4v) is 4.74. The summed E-state index contributed by atoms with van der Waals surface area (Å²) in [6.45, 7) is 2.46. The minimum atomic E-state index is -4.37. The number of aliphatic hydroxyl groups excluding tert-OH is 1. The Labute approximate surface area is 237 Å². The average molecular weight is 578 g/mol. The van der Waals surface area contributed by atoms with Gasteiger partial charge in [0.25, 0.3) is 0 Å². The predicted molar refractivity (Wildman–Crippen MR) is 155 cm³/mol. The molecule has 0 radical (unpaired) electrons. The van der Waals surface area contributed by atoms with Crippen LogP contribution >= 0.6 is 7.82 Å². The number of esters is 1. The van der Waals surface area contributed by atoms with Gasteiger partial charge in [0.1, 0.15) is 12.7 Å². The van der Waals surface area contributed by atoms with Crippen molar-refractivity contribution in [2.75, 3.05) is 26.4 Å². The number of carbonyl (C=O) groups excluding carboxylic acids is 2. The van der Waals surface area contributed by atoms with E-state index in [9.17, 15) is 24.2 Å². The molecule has 9 nitrogen and oxygen atoms in total. The van der Waals surface area contributed by atoms with E-state index in [1.54, 1.807) is 0 Å². The monoisotopic (exact) mass is 577 g/mol. The van der Waals surface area contributed by atoms with E-state index in [1.165, 1.54) is 96.8 Å². The number of hydrogen-bond acceptors (Lipinski definition) is 7. The van der Waals surface area contributed by atoms with Crippen molar-refractivity contribution in [2.45, 2.75) is 136 Å². The van der Waals surface area contributed by atoms with E-state index in [-0.39, 0.29) is 25.7 Å². The molecule has 0 heterocycles. The molecule has 230 valence electrons. The molecule has 1 amide bonds. The highest BCUT2D eigenvalue weighted by molar-refractivity contribution is 7.47. The van der Waals surface area contributed by atoms with Crippen LogP contribution in [0.4, 0.5) is 0 Å². The molecule has 0 aliphatic carbocycles. The van der Waals surface area contributed by atoms with Crippen LogP contribution in [0.5, 0.6) is 0 Å². The Morgan fingerprint density at radius 1 is 0.795 bits per heavy atom. The molecule has 0 aliphatic heterocycles. The SMILES string of the molecule is CCCCCCCC/C=C/CCCCCCCCCCCC(=O)NCCOP(=O)(O)OCC(O)COC(C)=O. The summed E-state index contributed by atoms with van der Waals surface area (Å²) >= 11 is 0. The Morgan fingerprint density at radius 2 is 1.31 bits per heavy atom. The summed E-state index contributed by atoms with van der Waals surface area (Å²) in [6.07, 6.45) is 25.1. The quantitative estimate of drug-likeness (QED) is 0.0402. The summed E-state index contributed by atoms with van der Waals surface area (Å²) in [5.41, 5.74) is 0. The molecule has 10 heteroatoms. The van der Waals surface area contributed by atoms with E-state index in [0.29, 0.717) is 6.42 Å². The van der Waals surface area contributed by atoms with Crippen LogP contribution in [0.3, 0.4) is 0 Å². The van der Waals surface area contributed by atoms with Gasteiger partial charge in [0.15, 0.2) is 0 Å². The fraction of sp³-hybridized carbons (Fsp3) is 0.862. The molecule has 0 aromatic rings. The number of allylic oxidation sites excluding steroid dienone is 2. The van der Waals surface area contributed by atoms with Gasteiger partial charge < -0.3 is 20.1 Å². The van der Waals surface area contributed by atoms with Crippen molar-refractivity contribution in [3.63, 3.8) is 0 Å². The second-order valence-electron chi connectivity index (χ2n) is 10.2. The number of rotatable bonds is 28. The van der Waals surface area contributed by atoms with E-state index in [4.69, 9.17) is 4.52 Å². The smallest absolute Gasteiger partial charge is 0.463 e. The summed E-state index contributed by atoms with van der Waals surface area (Å²) in [5, 5.41) is 12.2. The number of ether oxygens (including phenoxy) is 1. The number of phosphoric ester groups is 1. The first kappa shape index (κ1) is 37.8. The highest BCUT2D eigenvalue weighted by Crippen LogP contribution is 2.42. The maximum atomic E-state index is 11.9. The number of hydrogen-bond donors (Lipinski definition) is 3. The predicted octanol–water partition coefficient (Wildman–Crippen LogP) is 6.76. The van der Waals surface area contributed by atoms with E-state index in [1.807, 2.05) is 0 Å². The van der Waals surface area contributed by atoms with Gasteiger partial charge in [-0.2, -0.15) is 0 Å². The van der Waals surface area contributed by atoms with Crippen LogP contribution in [-0.4, -0.2) is 54.3 Å². The normalized spacial score (nSPS) is 13.8. The van der Waals surface area contributed by atoms with Crippen molar-refractivity contribution in [3.8, 4) is 0 Å². The lowest BCUT2D eigenvalue weighted by Gasteiger charge is -2.15. The van der Waals surface area contributed by atoms with Crippen molar-refractivity contribution < 1.29 is 37.9 Å². The number of amides is 1. The first-order chi connectivity index (χ1) is 18.8. The molecule has 0 saturated carbocycles. The Bertz CT molecular complexity index is 674. The molecular formula is C29H56NO8P. The summed E-state index contributed by atoms with van der Waals surface area (Å²) in [7, 11) is -4.37. The van der Waals surface area contributed by atoms with Crippen LogP contribution in [-0.2, 0) is 27.9 Å². The van der Waals surface area contributed by atoms with Crippen molar-refractivity contribution in [1.82, 2.24) is 5.32 Å². The second-order valence-corrected chi connectivity index (χ2v) is 11.6. The first-order valence-electron chi connectivity index (χ1n) is 15.1. The highest BCUT2D eigenvalue weighted by atomic mass is 31.2. The summed E-state index contributed by atoms with van der Waals surface area (Å²) in [6, 6.07) is 0. The van der Waals surface area contributed by atoms with E-state index in [2.05, 4.69) is 33.7 Å². The average Bonchev–Trinajstić information content (AvgIpc) is 2.90. The van der Waals surface area contributed by atoms with E-state index < -0.39 is 26.5 Å². The zero-order chi connectivity index (χ0) is 29.0. The summed E-state index contributed by atoms with van der Waals surface area (Å²) < 4.78 is 25.7. The lowest BCUT2D eigenvalue weighted by molar-refractivity contribution is -0.144. The number of phosphoric acid groups is 1. The molecule has 39 heavy (non-hydrogen) atoms. The van der Waals surface area contributed by atoms with Gasteiger partial charge in [-0.15, -0.1) is 0 Å². The topological polar surface area (TPSA) is 131 Å². The molecule has 0 fully saturated rings. The van der Waals surface area contributed by atoms with Crippen LogP contribution in [0.1, 0.15) is 129 Å². The molecule has 0 saturated heterocycles. The summed E-state index contributed by atoms with van der Waals surface area (Å²) in [5.74, 6) is -0.697. The van der Waals surface area contributed by atoms with E-state index in [0.717, 1.165) is 19.3 Å². The molecule has 0 spiro atoms. The Hall–Kier alpha value is -1.25. The van der Waals surface area contributed by atoms with Crippen molar-refractivity contribution in [3.05, 3.63) is 12.2 Å². The summed E-state index contributed by atoms with van der Waals surface area (Å²) in [4.78, 5) is 32.1. The maximum Gasteiger partial charge on any atom is 0.472 e. The molecule has 0 aliphatic rings. The second kappa shape index (κ2) is 26.9. The van der Waals surface area contributed by atoms with Gasteiger partial charge >= 0.3 is 13.8 Å². The van der Waals surface area contributed by atoms with Crippen LogP contribution in [0.2, 0.25) is 0 Å². The first-order valence-corrected chi connectivity index (χ1v) is 16.6. The minimum absolute atomic E-state index is 0.0810. The Morgan fingerprint density at radius 3 is 1.85 bits per heavy atom. The van der Waals surface area contributed by atoms with Crippen LogP contribution < -0.4 is 5.32 Å². The third kappa shape index (κ3) is 29.6.